The molecule has 7 heteroatoms. The first-order chi connectivity index (χ1) is 10.7. The van der Waals surface area contributed by atoms with E-state index in [1.54, 1.807) is 39.1 Å². The number of rotatable bonds is 5. The van der Waals surface area contributed by atoms with Gasteiger partial charge in [0.05, 0.1) is 18.4 Å². The molecule has 0 aliphatic carbocycles. The summed E-state index contributed by atoms with van der Waals surface area (Å²) in [5.41, 5.74) is 0.730. The van der Waals surface area contributed by atoms with Gasteiger partial charge in [-0.2, -0.15) is 0 Å². The van der Waals surface area contributed by atoms with Crippen LogP contribution < -0.4 is 4.31 Å². The number of hydrogen-bond donors (Lipinski definition) is 1. The lowest BCUT2D eigenvalue weighted by Gasteiger charge is -2.19. The molecule has 2 atom stereocenters. The molecule has 2 unspecified atom stereocenters. The standard InChI is InChI=1S/C16H21NO5S/c1-10(13-14(18)16(2,3)22-15(13)19)11-7-6-8-12(9-11)17(4)23(20)21-5/h6-10,18H,1-5H3. The van der Waals surface area contributed by atoms with Crippen molar-refractivity contribution in [2.75, 3.05) is 18.5 Å². The van der Waals surface area contributed by atoms with Crippen LogP contribution in [0.4, 0.5) is 5.69 Å². The Morgan fingerprint density at radius 2 is 2.04 bits per heavy atom. The summed E-state index contributed by atoms with van der Waals surface area (Å²) in [6.45, 7) is 5.11. The van der Waals surface area contributed by atoms with Gasteiger partial charge in [-0.3, -0.25) is 8.49 Å². The fourth-order valence-corrected chi connectivity index (χ4v) is 3.00. The van der Waals surface area contributed by atoms with Gasteiger partial charge in [0, 0.05) is 13.0 Å². The van der Waals surface area contributed by atoms with Crippen molar-refractivity contribution in [2.45, 2.75) is 32.3 Å². The van der Waals surface area contributed by atoms with Crippen molar-refractivity contribution >= 4 is 22.9 Å². The number of aliphatic hydroxyl groups is 1. The van der Waals surface area contributed by atoms with Gasteiger partial charge in [0.15, 0.2) is 5.60 Å². The second kappa shape index (κ2) is 6.33. The highest BCUT2D eigenvalue weighted by Gasteiger charge is 2.42. The number of esters is 1. The zero-order valence-corrected chi connectivity index (χ0v) is 14.6. The Balaban J connectivity index is 2.38. The molecule has 0 saturated heterocycles. The van der Waals surface area contributed by atoms with Crippen molar-refractivity contribution in [3.05, 3.63) is 41.2 Å². The summed E-state index contributed by atoms with van der Waals surface area (Å²) in [5, 5.41) is 10.3. The first kappa shape index (κ1) is 17.5. The Morgan fingerprint density at radius 1 is 1.39 bits per heavy atom. The van der Waals surface area contributed by atoms with E-state index in [1.807, 2.05) is 13.0 Å². The highest BCUT2D eigenvalue weighted by molar-refractivity contribution is 7.81. The Labute approximate surface area is 138 Å². The van der Waals surface area contributed by atoms with Crippen LogP contribution in [0.25, 0.3) is 0 Å². The molecule has 23 heavy (non-hydrogen) atoms. The molecule has 2 rings (SSSR count). The average molecular weight is 339 g/mol. The van der Waals surface area contributed by atoms with Crippen molar-refractivity contribution in [3.8, 4) is 0 Å². The Kier molecular flexibility index (Phi) is 4.81. The lowest BCUT2D eigenvalue weighted by atomic mass is 9.90. The third-order valence-corrected chi connectivity index (χ3v) is 4.87. The molecule has 1 heterocycles. The van der Waals surface area contributed by atoms with E-state index in [0.717, 1.165) is 5.56 Å². The minimum absolute atomic E-state index is 0.0470. The maximum Gasteiger partial charge on any atom is 0.339 e. The van der Waals surface area contributed by atoms with E-state index < -0.39 is 22.8 Å². The SMILES string of the molecule is COS(=O)N(C)c1cccc(C(C)C2=C(O)C(C)(C)OC2=O)c1. The minimum Gasteiger partial charge on any atom is -0.507 e. The van der Waals surface area contributed by atoms with Gasteiger partial charge in [0.25, 0.3) is 11.3 Å². The van der Waals surface area contributed by atoms with E-state index in [2.05, 4.69) is 0 Å². The van der Waals surface area contributed by atoms with Crippen LogP contribution in [0, 0.1) is 0 Å². The number of ether oxygens (including phenoxy) is 1. The number of cyclic esters (lactones) is 1. The van der Waals surface area contributed by atoms with Gasteiger partial charge in [-0.15, -0.1) is 0 Å². The van der Waals surface area contributed by atoms with Crippen molar-refractivity contribution in [1.82, 2.24) is 0 Å². The van der Waals surface area contributed by atoms with Crippen LogP contribution in [0.2, 0.25) is 0 Å². The molecule has 6 nitrogen and oxygen atoms in total. The van der Waals surface area contributed by atoms with Gasteiger partial charge in [-0.1, -0.05) is 19.1 Å². The number of carbonyl (C=O) groups excluding carboxylic acids is 1. The number of hydrogen-bond acceptors (Lipinski definition) is 5. The fourth-order valence-electron chi connectivity index (χ4n) is 2.49. The average Bonchev–Trinajstić information content (AvgIpc) is 2.73. The van der Waals surface area contributed by atoms with E-state index in [1.165, 1.54) is 11.4 Å². The van der Waals surface area contributed by atoms with Crippen LogP contribution in [0.5, 0.6) is 0 Å². The Morgan fingerprint density at radius 3 is 2.57 bits per heavy atom. The van der Waals surface area contributed by atoms with Gasteiger partial charge in [-0.05, 0) is 31.5 Å². The molecular weight excluding hydrogens is 318 g/mol. The zero-order valence-electron chi connectivity index (χ0n) is 13.8. The predicted molar refractivity (Wildman–Crippen MR) is 88.2 cm³/mol. The summed E-state index contributed by atoms with van der Waals surface area (Å²) < 4.78 is 23.2. The molecule has 1 aromatic rings. The molecule has 1 N–H and O–H groups in total. The second-order valence-electron chi connectivity index (χ2n) is 5.86. The van der Waals surface area contributed by atoms with Gasteiger partial charge in [-0.25, -0.2) is 9.00 Å². The van der Waals surface area contributed by atoms with Crippen molar-refractivity contribution in [1.29, 1.82) is 0 Å². The monoisotopic (exact) mass is 339 g/mol. The number of nitrogens with zero attached hydrogens (tertiary/aromatic N) is 1. The summed E-state index contributed by atoms with van der Waals surface area (Å²) in [6.07, 6.45) is 0. The normalized spacial score (nSPS) is 19.4. The number of carbonyl (C=O) groups is 1. The van der Waals surface area contributed by atoms with Crippen molar-refractivity contribution in [2.24, 2.45) is 0 Å². The molecule has 0 saturated carbocycles. The molecule has 0 fully saturated rings. The van der Waals surface area contributed by atoms with E-state index in [4.69, 9.17) is 8.92 Å². The molecule has 1 aromatic carbocycles. The lowest BCUT2D eigenvalue weighted by molar-refractivity contribution is -0.145. The number of anilines is 1. The summed E-state index contributed by atoms with van der Waals surface area (Å²) in [4.78, 5) is 12.1. The van der Waals surface area contributed by atoms with E-state index in [9.17, 15) is 14.1 Å². The molecule has 126 valence electrons. The smallest absolute Gasteiger partial charge is 0.339 e. The van der Waals surface area contributed by atoms with Crippen molar-refractivity contribution < 1.29 is 23.0 Å². The predicted octanol–water partition coefficient (Wildman–Crippen LogP) is 2.60. The van der Waals surface area contributed by atoms with Gasteiger partial charge in [0.2, 0.25) is 0 Å². The molecular formula is C16H21NO5S. The largest absolute Gasteiger partial charge is 0.507 e. The van der Waals surface area contributed by atoms with E-state index in [0.29, 0.717) is 5.69 Å². The summed E-state index contributed by atoms with van der Waals surface area (Å²) in [6, 6.07) is 7.24. The van der Waals surface area contributed by atoms with Crippen LogP contribution >= 0.6 is 0 Å². The summed E-state index contributed by atoms with van der Waals surface area (Å²) in [5.74, 6) is -0.915. The van der Waals surface area contributed by atoms with Gasteiger partial charge >= 0.3 is 5.97 Å². The first-order valence-corrected chi connectivity index (χ1v) is 8.19. The number of aliphatic hydroxyl groups excluding tert-OH is 1. The lowest BCUT2D eigenvalue weighted by Crippen LogP contribution is -2.22. The molecule has 1 aliphatic heterocycles. The highest BCUT2D eigenvalue weighted by atomic mass is 32.2. The van der Waals surface area contributed by atoms with Crippen molar-refractivity contribution in [3.63, 3.8) is 0 Å². The quantitative estimate of drug-likeness (QED) is 0.835. The van der Waals surface area contributed by atoms with Crippen LogP contribution in [0.3, 0.4) is 0 Å². The van der Waals surface area contributed by atoms with Gasteiger partial charge < -0.3 is 9.84 Å². The first-order valence-electron chi connectivity index (χ1n) is 7.16. The number of benzene rings is 1. The zero-order chi connectivity index (χ0) is 17.4. The fraction of sp³-hybridized carbons (Fsp3) is 0.438. The Bertz CT molecular complexity index is 683. The van der Waals surface area contributed by atoms with Crippen LogP contribution in [-0.4, -0.2) is 35.0 Å². The highest BCUT2D eigenvalue weighted by Crippen LogP contribution is 2.38. The third kappa shape index (κ3) is 3.25. The Hall–Kier alpha value is -1.86. The van der Waals surface area contributed by atoms with Gasteiger partial charge in [0.1, 0.15) is 5.76 Å². The maximum absolute atomic E-state index is 12.1. The third-order valence-electron chi connectivity index (χ3n) is 3.93. The molecule has 0 radical (unpaired) electrons. The second-order valence-corrected chi connectivity index (χ2v) is 7.18. The summed E-state index contributed by atoms with van der Waals surface area (Å²) in [7, 11) is 3.01. The molecule has 0 aromatic heterocycles. The molecule has 0 spiro atoms. The van der Waals surface area contributed by atoms with Crippen LogP contribution in [0.15, 0.2) is 35.6 Å². The van der Waals surface area contributed by atoms with Crippen LogP contribution in [0.1, 0.15) is 32.3 Å². The molecule has 0 amide bonds. The summed E-state index contributed by atoms with van der Waals surface area (Å²) >= 11 is -1.59. The maximum atomic E-state index is 12.1. The molecule has 0 bridgehead atoms. The molecule has 1 aliphatic rings. The minimum atomic E-state index is -1.59. The van der Waals surface area contributed by atoms with E-state index in [-0.39, 0.29) is 17.3 Å². The van der Waals surface area contributed by atoms with E-state index >= 15 is 0 Å². The van der Waals surface area contributed by atoms with Crippen LogP contribution in [-0.2, 0) is 25.0 Å². The topological polar surface area (TPSA) is 76.1 Å².